The van der Waals surface area contributed by atoms with Gasteiger partial charge in [0.05, 0.1) is 12.8 Å². The van der Waals surface area contributed by atoms with E-state index in [2.05, 4.69) is 55.5 Å². The molecule has 0 radical (unpaired) electrons. The van der Waals surface area contributed by atoms with Gasteiger partial charge in [-0.3, -0.25) is 0 Å². The number of aryl methyl sites for hydroxylation is 2. The van der Waals surface area contributed by atoms with E-state index in [9.17, 15) is 4.79 Å². The fourth-order valence-corrected chi connectivity index (χ4v) is 3.95. The molecule has 1 heterocycles. The van der Waals surface area contributed by atoms with Gasteiger partial charge in [0, 0.05) is 12.6 Å². The molecule has 0 saturated carbocycles. The van der Waals surface area contributed by atoms with Crippen molar-refractivity contribution in [2.24, 2.45) is 7.05 Å². The van der Waals surface area contributed by atoms with Gasteiger partial charge in [0.15, 0.2) is 0 Å². The van der Waals surface area contributed by atoms with E-state index in [0.29, 0.717) is 12.3 Å². The standard InChI is InChI=1S/C27H30N4O3/c1-18-8-7-9-25(31-26(32)30(5)28-29-31)23(18)17-34-21-14-15-22(24(16-21)27(2,3)4)19-10-12-20(33-6)13-11-19/h7-16H,17H2,1-6H3. The van der Waals surface area contributed by atoms with Crippen LogP contribution in [-0.4, -0.2) is 26.9 Å². The van der Waals surface area contributed by atoms with E-state index in [1.54, 1.807) is 14.2 Å². The van der Waals surface area contributed by atoms with E-state index in [0.717, 1.165) is 33.8 Å². The Morgan fingerprint density at radius 2 is 1.65 bits per heavy atom. The molecule has 0 N–H and O–H groups in total. The topological polar surface area (TPSA) is 71.2 Å². The molecule has 0 spiro atoms. The number of methoxy groups -OCH3 is 1. The maximum atomic E-state index is 12.4. The van der Waals surface area contributed by atoms with Gasteiger partial charge in [-0.1, -0.05) is 51.1 Å². The minimum Gasteiger partial charge on any atom is -0.497 e. The van der Waals surface area contributed by atoms with Gasteiger partial charge < -0.3 is 9.47 Å². The molecule has 4 rings (SSSR count). The van der Waals surface area contributed by atoms with Crippen molar-refractivity contribution < 1.29 is 9.47 Å². The Morgan fingerprint density at radius 1 is 0.941 bits per heavy atom. The van der Waals surface area contributed by atoms with Crippen molar-refractivity contribution in [2.75, 3.05) is 7.11 Å². The summed E-state index contributed by atoms with van der Waals surface area (Å²) in [6.07, 6.45) is 0. The third-order valence-electron chi connectivity index (χ3n) is 5.92. The monoisotopic (exact) mass is 458 g/mol. The molecule has 7 nitrogen and oxygen atoms in total. The number of hydrogen-bond donors (Lipinski definition) is 0. The predicted octanol–water partition coefficient (Wildman–Crippen LogP) is 4.83. The van der Waals surface area contributed by atoms with Gasteiger partial charge in [0.2, 0.25) is 0 Å². The Bertz CT molecular complexity index is 1360. The van der Waals surface area contributed by atoms with Crippen LogP contribution >= 0.6 is 0 Å². The molecule has 176 valence electrons. The molecule has 0 aliphatic carbocycles. The Kier molecular flexibility index (Phi) is 6.28. The van der Waals surface area contributed by atoms with Crippen LogP contribution in [0.15, 0.2) is 65.5 Å². The molecule has 0 aliphatic rings. The normalized spacial score (nSPS) is 11.5. The molecule has 0 atom stereocenters. The Balaban J connectivity index is 1.67. The van der Waals surface area contributed by atoms with Crippen LogP contribution in [0.2, 0.25) is 0 Å². The van der Waals surface area contributed by atoms with Crippen molar-refractivity contribution in [3.05, 3.63) is 87.8 Å². The van der Waals surface area contributed by atoms with E-state index in [4.69, 9.17) is 9.47 Å². The smallest absolute Gasteiger partial charge is 0.368 e. The van der Waals surface area contributed by atoms with Gasteiger partial charge in [-0.25, -0.2) is 4.79 Å². The summed E-state index contributed by atoms with van der Waals surface area (Å²) < 4.78 is 14.1. The van der Waals surface area contributed by atoms with Crippen molar-refractivity contribution >= 4 is 0 Å². The first-order valence-corrected chi connectivity index (χ1v) is 11.2. The second-order valence-corrected chi connectivity index (χ2v) is 9.34. The average molecular weight is 459 g/mol. The van der Waals surface area contributed by atoms with Crippen LogP contribution in [0.4, 0.5) is 0 Å². The Hall–Kier alpha value is -3.87. The minimum absolute atomic E-state index is 0.0879. The molecule has 0 bridgehead atoms. The second kappa shape index (κ2) is 9.17. The van der Waals surface area contributed by atoms with Crippen molar-refractivity contribution in [3.63, 3.8) is 0 Å². The van der Waals surface area contributed by atoms with E-state index in [1.807, 2.05) is 43.3 Å². The van der Waals surface area contributed by atoms with Crippen molar-refractivity contribution in [1.82, 2.24) is 19.8 Å². The quantitative estimate of drug-likeness (QED) is 0.414. The van der Waals surface area contributed by atoms with Crippen LogP contribution < -0.4 is 15.2 Å². The highest BCUT2D eigenvalue weighted by Gasteiger charge is 2.20. The molecule has 0 unspecified atom stereocenters. The fraction of sp³-hybridized carbons (Fsp3) is 0.296. The predicted molar refractivity (Wildman–Crippen MR) is 133 cm³/mol. The summed E-state index contributed by atoms with van der Waals surface area (Å²) in [4.78, 5) is 12.4. The minimum atomic E-state index is -0.300. The lowest BCUT2D eigenvalue weighted by molar-refractivity contribution is 0.304. The van der Waals surface area contributed by atoms with E-state index in [-0.39, 0.29) is 11.1 Å². The number of ether oxygens (including phenoxy) is 2. The lowest BCUT2D eigenvalue weighted by atomic mass is 9.81. The third-order valence-corrected chi connectivity index (χ3v) is 5.92. The van der Waals surface area contributed by atoms with Crippen LogP contribution in [0.25, 0.3) is 16.8 Å². The first-order chi connectivity index (χ1) is 16.2. The number of benzene rings is 3. The molecule has 0 fully saturated rings. The molecule has 7 heteroatoms. The third kappa shape index (κ3) is 4.59. The zero-order valence-electron chi connectivity index (χ0n) is 20.5. The highest BCUT2D eigenvalue weighted by molar-refractivity contribution is 5.70. The molecular weight excluding hydrogens is 428 g/mol. The fourth-order valence-electron chi connectivity index (χ4n) is 3.95. The van der Waals surface area contributed by atoms with E-state index < -0.39 is 0 Å². The molecular formula is C27H30N4O3. The van der Waals surface area contributed by atoms with Crippen molar-refractivity contribution in [3.8, 4) is 28.3 Å². The molecule has 3 aromatic carbocycles. The maximum absolute atomic E-state index is 12.4. The summed E-state index contributed by atoms with van der Waals surface area (Å²) in [5.41, 5.74) is 5.66. The highest BCUT2D eigenvalue weighted by Crippen LogP contribution is 2.36. The summed E-state index contributed by atoms with van der Waals surface area (Å²) >= 11 is 0. The van der Waals surface area contributed by atoms with Gasteiger partial charge in [0.25, 0.3) is 0 Å². The first-order valence-electron chi connectivity index (χ1n) is 11.2. The van der Waals surface area contributed by atoms with Crippen LogP contribution in [0, 0.1) is 6.92 Å². The number of tetrazole rings is 1. The summed E-state index contributed by atoms with van der Waals surface area (Å²) in [5.74, 6) is 1.60. The lowest BCUT2D eigenvalue weighted by Gasteiger charge is -2.24. The molecule has 34 heavy (non-hydrogen) atoms. The van der Waals surface area contributed by atoms with Gasteiger partial charge >= 0.3 is 5.69 Å². The van der Waals surface area contributed by atoms with Crippen molar-refractivity contribution in [2.45, 2.75) is 39.7 Å². The number of aromatic nitrogens is 4. The Labute approximate surface area is 199 Å². The van der Waals surface area contributed by atoms with Gasteiger partial charge in [0.1, 0.15) is 18.1 Å². The zero-order valence-corrected chi connectivity index (χ0v) is 20.5. The largest absolute Gasteiger partial charge is 0.497 e. The number of hydrogen-bond acceptors (Lipinski definition) is 5. The SMILES string of the molecule is COc1ccc(-c2ccc(OCc3c(C)cccc3-n3nnn(C)c3=O)cc2C(C)(C)C)cc1. The lowest BCUT2D eigenvalue weighted by Crippen LogP contribution is -2.23. The second-order valence-electron chi connectivity index (χ2n) is 9.34. The first kappa shape index (κ1) is 23.3. The van der Waals surface area contributed by atoms with Gasteiger partial charge in [-0.15, -0.1) is 0 Å². The summed E-state index contributed by atoms with van der Waals surface area (Å²) in [6, 6.07) is 20.0. The van der Waals surface area contributed by atoms with Gasteiger partial charge in [-0.05, 0) is 75.4 Å². The van der Waals surface area contributed by atoms with Crippen molar-refractivity contribution in [1.29, 1.82) is 0 Å². The average Bonchev–Trinajstić information content (AvgIpc) is 3.15. The van der Waals surface area contributed by atoms with Crippen LogP contribution in [0.5, 0.6) is 11.5 Å². The Morgan fingerprint density at radius 3 is 2.26 bits per heavy atom. The molecule has 1 aromatic heterocycles. The molecule has 0 aliphatic heterocycles. The van der Waals surface area contributed by atoms with Crippen LogP contribution in [0.3, 0.4) is 0 Å². The highest BCUT2D eigenvalue weighted by atomic mass is 16.5. The number of nitrogens with zero attached hydrogens (tertiary/aromatic N) is 4. The number of rotatable bonds is 6. The van der Waals surface area contributed by atoms with Crippen LogP contribution in [0.1, 0.15) is 37.5 Å². The van der Waals surface area contributed by atoms with E-state index >= 15 is 0 Å². The summed E-state index contributed by atoms with van der Waals surface area (Å²) in [7, 11) is 3.25. The van der Waals surface area contributed by atoms with E-state index in [1.165, 1.54) is 14.9 Å². The molecule has 4 aromatic rings. The molecule has 0 saturated heterocycles. The van der Waals surface area contributed by atoms with Crippen LogP contribution in [-0.2, 0) is 19.1 Å². The summed E-state index contributed by atoms with van der Waals surface area (Å²) in [6.45, 7) is 8.88. The summed E-state index contributed by atoms with van der Waals surface area (Å²) in [5, 5.41) is 7.84. The maximum Gasteiger partial charge on any atom is 0.368 e. The molecule has 0 amide bonds. The van der Waals surface area contributed by atoms with Gasteiger partial charge in [-0.2, -0.15) is 9.36 Å². The zero-order chi connectivity index (χ0) is 24.5.